The maximum absolute atomic E-state index is 13.7. The SMILES string of the molecule is Cc1cc(C)c(NC(=O)[C@@H](C)Sc2ccc(F)cc2F)c(C)c1. The Morgan fingerprint density at radius 1 is 1.09 bits per heavy atom. The molecule has 5 heteroatoms. The summed E-state index contributed by atoms with van der Waals surface area (Å²) in [5.74, 6) is -1.50. The highest BCUT2D eigenvalue weighted by Gasteiger charge is 2.18. The van der Waals surface area contributed by atoms with Gasteiger partial charge in [0.25, 0.3) is 0 Å². The minimum absolute atomic E-state index is 0.214. The molecule has 0 aliphatic heterocycles. The molecule has 1 N–H and O–H groups in total. The smallest absolute Gasteiger partial charge is 0.237 e. The highest BCUT2D eigenvalue weighted by Crippen LogP contribution is 2.28. The Morgan fingerprint density at radius 3 is 2.26 bits per heavy atom. The van der Waals surface area contributed by atoms with Gasteiger partial charge in [-0.15, -0.1) is 11.8 Å². The molecule has 0 aromatic heterocycles. The molecule has 2 aromatic carbocycles. The summed E-state index contributed by atoms with van der Waals surface area (Å²) in [7, 11) is 0. The minimum Gasteiger partial charge on any atom is -0.325 e. The van der Waals surface area contributed by atoms with Gasteiger partial charge in [-0.2, -0.15) is 0 Å². The number of anilines is 1. The molecule has 2 rings (SSSR count). The molecular formula is C18H19F2NOS. The van der Waals surface area contributed by atoms with Gasteiger partial charge in [0, 0.05) is 16.6 Å². The van der Waals surface area contributed by atoms with Gasteiger partial charge in [0.2, 0.25) is 5.91 Å². The van der Waals surface area contributed by atoms with Crippen molar-refractivity contribution in [2.45, 2.75) is 37.8 Å². The third kappa shape index (κ3) is 4.32. The fourth-order valence-electron chi connectivity index (χ4n) is 2.42. The number of benzene rings is 2. The van der Waals surface area contributed by atoms with E-state index in [4.69, 9.17) is 0 Å². The van der Waals surface area contributed by atoms with Crippen LogP contribution in [0.3, 0.4) is 0 Å². The van der Waals surface area contributed by atoms with Gasteiger partial charge in [-0.3, -0.25) is 4.79 Å². The van der Waals surface area contributed by atoms with E-state index in [1.54, 1.807) is 6.92 Å². The van der Waals surface area contributed by atoms with Crippen molar-refractivity contribution >= 4 is 23.4 Å². The molecule has 1 amide bonds. The van der Waals surface area contributed by atoms with Crippen LogP contribution >= 0.6 is 11.8 Å². The number of rotatable bonds is 4. The highest BCUT2D eigenvalue weighted by molar-refractivity contribution is 8.00. The molecule has 0 aliphatic rings. The van der Waals surface area contributed by atoms with Crippen LogP contribution in [-0.2, 0) is 4.79 Å². The normalized spacial score (nSPS) is 12.1. The molecule has 0 bridgehead atoms. The predicted octanol–water partition coefficient (Wildman–Crippen LogP) is 5.01. The summed E-state index contributed by atoms with van der Waals surface area (Å²) in [5, 5.41) is 2.40. The first-order valence-corrected chi connectivity index (χ1v) is 8.16. The van der Waals surface area contributed by atoms with E-state index in [2.05, 4.69) is 5.32 Å². The zero-order valence-electron chi connectivity index (χ0n) is 13.5. The van der Waals surface area contributed by atoms with E-state index in [-0.39, 0.29) is 10.8 Å². The van der Waals surface area contributed by atoms with E-state index in [0.29, 0.717) is 0 Å². The van der Waals surface area contributed by atoms with Crippen LogP contribution in [0.1, 0.15) is 23.6 Å². The number of amides is 1. The van der Waals surface area contributed by atoms with Crippen molar-refractivity contribution in [3.05, 3.63) is 58.7 Å². The third-order valence-electron chi connectivity index (χ3n) is 3.49. The van der Waals surface area contributed by atoms with Gasteiger partial charge in [0.05, 0.1) is 5.25 Å². The van der Waals surface area contributed by atoms with E-state index < -0.39 is 16.9 Å². The Bertz CT molecular complexity index is 723. The number of hydrogen-bond acceptors (Lipinski definition) is 2. The van der Waals surface area contributed by atoms with Crippen LogP contribution in [-0.4, -0.2) is 11.2 Å². The molecule has 0 aliphatic carbocycles. The fraction of sp³-hybridized carbons (Fsp3) is 0.278. The van der Waals surface area contributed by atoms with Gasteiger partial charge >= 0.3 is 0 Å². The van der Waals surface area contributed by atoms with Crippen molar-refractivity contribution in [1.82, 2.24) is 0 Å². The molecule has 23 heavy (non-hydrogen) atoms. The maximum Gasteiger partial charge on any atom is 0.237 e. The molecule has 0 heterocycles. The number of thioether (sulfide) groups is 1. The monoisotopic (exact) mass is 335 g/mol. The van der Waals surface area contributed by atoms with Crippen LogP contribution in [0.5, 0.6) is 0 Å². The molecule has 0 fully saturated rings. The Morgan fingerprint density at radius 2 is 1.70 bits per heavy atom. The fourth-order valence-corrected chi connectivity index (χ4v) is 3.28. The van der Waals surface area contributed by atoms with Gasteiger partial charge in [-0.25, -0.2) is 8.78 Å². The van der Waals surface area contributed by atoms with E-state index in [1.165, 1.54) is 12.1 Å². The second-order valence-electron chi connectivity index (χ2n) is 5.60. The summed E-state index contributed by atoms with van der Waals surface area (Å²) in [4.78, 5) is 12.6. The molecule has 2 aromatic rings. The van der Waals surface area contributed by atoms with Crippen LogP contribution < -0.4 is 5.32 Å². The summed E-state index contributed by atoms with van der Waals surface area (Å²) >= 11 is 1.07. The van der Waals surface area contributed by atoms with Gasteiger partial charge in [0.15, 0.2) is 0 Å². The standard InChI is InChI=1S/C18H19F2NOS/c1-10-7-11(2)17(12(3)8-10)21-18(22)13(4)23-16-6-5-14(19)9-15(16)20/h5-9,13H,1-4H3,(H,21,22)/t13-/m1/s1. The molecule has 0 radical (unpaired) electrons. The highest BCUT2D eigenvalue weighted by atomic mass is 32.2. The first kappa shape index (κ1) is 17.5. The first-order chi connectivity index (χ1) is 10.8. The van der Waals surface area contributed by atoms with E-state index >= 15 is 0 Å². The molecule has 122 valence electrons. The second kappa shape index (κ2) is 7.13. The largest absolute Gasteiger partial charge is 0.325 e. The van der Waals surface area contributed by atoms with Crippen LogP contribution in [0.2, 0.25) is 0 Å². The number of hydrogen-bond donors (Lipinski definition) is 1. The van der Waals surface area contributed by atoms with Crippen molar-refractivity contribution in [3.63, 3.8) is 0 Å². The topological polar surface area (TPSA) is 29.1 Å². The lowest BCUT2D eigenvalue weighted by molar-refractivity contribution is -0.115. The Kier molecular flexibility index (Phi) is 5.42. The van der Waals surface area contributed by atoms with Gasteiger partial charge < -0.3 is 5.32 Å². The third-order valence-corrected chi connectivity index (χ3v) is 4.64. The molecule has 0 unspecified atom stereocenters. The zero-order chi connectivity index (χ0) is 17.1. The maximum atomic E-state index is 13.7. The van der Waals surface area contributed by atoms with Crippen LogP contribution in [0.25, 0.3) is 0 Å². The number of carbonyl (C=O) groups excluding carboxylic acids is 1. The quantitative estimate of drug-likeness (QED) is 0.796. The Balaban J connectivity index is 2.11. The number of aryl methyl sites for hydroxylation is 3. The van der Waals surface area contributed by atoms with E-state index in [9.17, 15) is 13.6 Å². The average Bonchev–Trinajstić information content (AvgIpc) is 2.45. The average molecular weight is 335 g/mol. The molecule has 0 saturated heterocycles. The lowest BCUT2D eigenvalue weighted by Gasteiger charge is -2.16. The van der Waals surface area contributed by atoms with Crippen molar-refractivity contribution in [1.29, 1.82) is 0 Å². The molecule has 0 spiro atoms. The second-order valence-corrected chi connectivity index (χ2v) is 6.98. The van der Waals surface area contributed by atoms with Crippen molar-refractivity contribution in [2.24, 2.45) is 0 Å². The molecule has 0 saturated carbocycles. The molecular weight excluding hydrogens is 316 g/mol. The number of nitrogens with one attached hydrogen (secondary N) is 1. The van der Waals surface area contributed by atoms with E-state index in [0.717, 1.165) is 40.2 Å². The number of carbonyl (C=O) groups is 1. The summed E-state index contributed by atoms with van der Waals surface area (Å²) < 4.78 is 26.6. The van der Waals surface area contributed by atoms with Crippen LogP contribution in [0.4, 0.5) is 14.5 Å². The van der Waals surface area contributed by atoms with Gasteiger partial charge in [-0.05, 0) is 51.0 Å². The Hall–Kier alpha value is -1.88. The number of halogens is 2. The molecule has 1 atom stereocenters. The van der Waals surface area contributed by atoms with Crippen molar-refractivity contribution in [3.8, 4) is 0 Å². The van der Waals surface area contributed by atoms with Crippen molar-refractivity contribution in [2.75, 3.05) is 5.32 Å². The molecule has 2 nitrogen and oxygen atoms in total. The Labute approximate surface area is 139 Å². The summed E-state index contributed by atoms with van der Waals surface area (Å²) in [6, 6.07) is 7.35. The van der Waals surface area contributed by atoms with Crippen LogP contribution in [0.15, 0.2) is 35.2 Å². The summed E-state index contributed by atoms with van der Waals surface area (Å²) in [6.45, 7) is 7.57. The predicted molar refractivity (Wildman–Crippen MR) is 91.0 cm³/mol. The lowest BCUT2D eigenvalue weighted by Crippen LogP contribution is -2.23. The van der Waals surface area contributed by atoms with Gasteiger partial charge in [-0.1, -0.05) is 17.7 Å². The lowest BCUT2D eigenvalue weighted by atomic mass is 10.1. The van der Waals surface area contributed by atoms with Crippen molar-refractivity contribution < 1.29 is 13.6 Å². The summed E-state index contributed by atoms with van der Waals surface area (Å²) in [5.41, 5.74) is 3.89. The van der Waals surface area contributed by atoms with Crippen LogP contribution in [0, 0.1) is 32.4 Å². The minimum atomic E-state index is -0.655. The van der Waals surface area contributed by atoms with E-state index in [1.807, 2.05) is 32.9 Å². The van der Waals surface area contributed by atoms with Gasteiger partial charge in [0.1, 0.15) is 11.6 Å². The first-order valence-electron chi connectivity index (χ1n) is 7.28. The zero-order valence-corrected chi connectivity index (χ0v) is 14.4. The summed E-state index contributed by atoms with van der Waals surface area (Å²) in [6.07, 6.45) is 0.